The van der Waals surface area contributed by atoms with Crippen molar-refractivity contribution in [1.29, 1.82) is 0 Å². The maximum atomic E-state index is 13.7. The van der Waals surface area contributed by atoms with Gasteiger partial charge in [0.05, 0.1) is 0 Å². The summed E-state index contributed by atoms with van der Waals surface area (Å²) in [5.41, 5.74) is 0.250. The minimum absolute atomic E-state index is 0.0230. The quantitative estimate of drug-likeness (QED) is 0.376. The SMILES string of the molecule is CCCCNC(=O)C(c1cccc(C)c1O)N(CC)C(=O)C(CCSC)NC(=O)OC(C)(C)C. The summed E-state index contributed by atoms with van der Waals surface area (Å²) in [5, 5.41) is 16.3. The zero-order chi connectivity index (χ0) is 25.9. The Kier molecular flexibility index (Phi) is 12.3. The number of unbranched alkanes of at least 4 members (excludes halogenated alkanes) is 1. The smallest absolute Gasteiger partial charge is 0.408 e. The summed E-state index contributed by atoms with van der Waals surface area (Å²) in [5.74, 6) is -0.165. The van der Waals surface area contributed by atoms with Crippen molar-refractivity contribution in [3.63, 3.8) is 0 Å². The third-order valence-electron chi connectivity index (χ3n) is 5.18. The summed E-state index contributed by atoms with van der Waals surface area (Å²) in [6.45, 7) is 11.5. The molecule has 1 aromatic rings. The van der Waals surface area contributed by atoms with Crippen LogP contribution >= 0.6 is 11.8 Å². The lowest BCUT2D eigenvalue weighted by molar-refractivity contribution is -0.142. The number of alkyl carbamates (subject to hydrolysis) is 1. The molecular formula is C25H41N3O5S. The minimum Gasteiger partial charge on any atom is -0.507 e. The molecule has 3 N–H and O–H groups in total. The first-order valence-electron chi connectivity index (χ1n) is 11.8. The highest BCUT2D eigenvalue weighted by Gasteiger charge is 2.36. The molecular weight excluding hydrogens is 454 g/mol. The van der Waals surface area contributed by atoms with E-state index in [1.807, 2.05) is 13.2 Å². The van der Waals surface area contributed by atoms with Crippen LogP contribution in [0.4, 0.5) is 4.79 Å². The van der Waals surface area contributed by atoms with Gasteiger partial charge in [0, 0.05) is 18.7 Å². The molecule has 0 aromatic heterocycles. The fourth-order valence-corrected chi connectivity index (χ4v) is 3.92. The number of hydrogen-bond donors (Lipinski definition) is 3. The third kappa shape index (κ3) is 9.08. The molecule has 0 aliphatic rings. The molecule has 0 bridgehead atoms. The molecule has 0 fully saturated rings. The van der Waals surface area contributed by atoms with Gasteiger partial charge in [-0.1, -0.05) is 31.5 Å². The molecule has 2 atom stereocenters. The normalized spacial score (nSPS) is 13.0. The summed E-state index contributed by atoms with van der Waals surface area (Å²) >= 11 is 1.55. The highest BCUT2D eigenvalue weighted by atomic mass is 32.2. The molecule has 2 unspecified atom stereocenters. The van der Waals surface area contributed by atoms with Crippen LogP contribution in [0.25, 0.3) is 0 Å². The predicted molar refractivity (Wildman–Crippen MR) is 137 cm³/mol. The Morgan fingerprint density at radius 3 is 2.44 bits per heavy atom. The molecule has 0 saturated heterocycles. The monoisotopic (exact) mass is 495 g/mol. The average molecular weight is 496 g/mol. The molecule has 8 nitrogen and oxygen atoms in total. The molecule has 34 heavy (non-hydrogen) atoms. The summed E-state index contributed by atoms with van der Waals surface area (Å²) < 4.78 is 5.36. The number of para-hydroxylation sites is 1. The van der Waals surface area contributed by atoms with E-state index in [0.717, 1.165) is 12.8 Å². The number of rotatable bonds is 12. The summed E-state index contributed by atoms with van der Waals surface area (Å²) in [7, 11) is 0. The first-order chi connectivity index (χ1) is 16.0. The Labute approximate surface area is 208 Å². The van der Waals surface area contributed by atoms with Crippen LogP contribution in [0, 0.1) is 6.92 Å². The first kappa shape index (κ1) is 29.6. The summed E-state index contributed by atoms with van der Waals surface area (Å²) in [6.07, 6.45) is 3.31. The number of benzene rings is 1. The number of likely N-dealkylation sites (N-methyl/N-ethyl adjacent to an activating group) is 1. The number of carbonyl (C=O) groups is 3. The fourth-order valence-electron chi connectivity index (χ4n) is 3.45. The van der Waals surface area contributed by atoms with Crippen molar-refractivity contribution in [3.8, 4) is 5.75 Å². The number of hydrogen-bond acceptors (Lipinski definition) is 6. The van der Waals surface area contributed by atoms with Crippen molar-refractivity contribution >= 4 is 29.7 Å². The van der Waals surface area contributed by atoms with Gasteiger partial charge in [0.1, 0.15) is 23.4 Å². The average Bonchev–Trinajstić information content (AvgIpc) is 2.75. The molecule has 3 amide bonds. The lowest BCUT2D eigenvalue weighted by atomic mass is 9.99. The third-order valence-corrected chi connectivity index (χ3v) is 5.82. The van der Waals surface area contributed by atoms with Gasteiger partial charge >= 0.3 is 6.09 Å². The molecule has 1 rings (SSSR count). The Bertz CT molecular complexity index is 825. The molecule has 0 aliphatic heterocycles. The molecule has 0 spiro atoms. The van der Waals surface area contributed by atoms with E-state index in [1.165, 1.54) is 4.90 Å². The number of thioether (sulfide) groups is 1. The van der Waals surface area contributed by atoms with E-state index in [9.17, 15) is 19.5 Å². The van der Waals surface area contributed by atoms with Crippen molar-refractivity contribution in [2.24, 2.45) is 0 Å². The van der Waals surface area contributed by atoms with Crippen molar-refractivity contribution < 1.29 is 24.2 Å². The van der Waals surface area contributed by atoms with Crippen LogP contribution in [0.3, 0.4) is 0 Å². The molecule has 0 heterocycles. The van der Waals surface area contributed by atoms with Crippen LogP contribution in [0.15, 0.2) is 18.2 Å². The van der Waals surface area contributed by atoms with E-state index in [2.05, 4.69) is 10.6 Å². The van der Waals surface area contributed by atoms with Crippen LogP contribution in [0.2, 0.25) is 0 Å². The number of aryl methyl sites for hydroxylation is 1. The van der Waals surface area contributed by atoms with Crippen LogP contribution < -0.4 is 10.6 Å². The topological polar surface area (TPSA) is 108 Å². The Hall–Kier alpha value is -2.42. The van der Waals surface area contributed by atoms with Crippen molar-refractivity contribution in [3.05, 3.63) is 29.3 Å². The first-order valence-corrected chi connectivity index (χ1v) is 13.2. The molecule has 1 aromatic carbocycles. The second kappa shape index (κ2) is 14.1. The van der Waals surface area contributed by atoms with Crippen molar-refractivity contribution in [2.75, 3.05) is 25.1 Å². The van der Waals surface area contributed by atoms with Gasteiger partial charge in [-0.3, -0.25) is 9.59 Å². The summed E-state index contributed by atoms with van der Waals surface area (Å²) in [4.78, 5) is 40.9. The second-order valence-corrected chi connectivity index (χ2v) is 10.2. The van der Waals surface area contributed by atoms with Gasteiger partial charge in [0.25, 0.3) is 0 Å². The number of nitrogens with zero attached hydrogens (tertiary/aromatic N) is 1. The number of nitrogens with one attached hydrogen (secondary N) is 2. The highest BCUT2D eigenvalue weighted by molar-refractivity contribution is 7.98. The van der Waals surface area contributed by atoms with Gasteiger partial charge in [0.15, 0.2) is 0 Å². The fraction of sp³-hybridized carbons (Fsp3) is 0.640. The highest BCUT2D eigenvalue weighted by Crippen LogP contribution is 2.32. The molecule has 9 heteroatoms. The van der Waals surface area contributed by atoms with Crippen LogP contribution in [-0.2, 0) is 14.3 Å². The summed E-state index contributed by atoms with van der Waals surface area (Å²) in [6, 6.07) is 3.24. The molecule has 0 aliphatic carbocycles. The molecule has 192 valence electrons. The zero-order valence-electron chi connectivity index (χ0n) is 21.6. The lowest BCUT2D eigenvalue weighted by Crippen LogP contribution is -2.53. The minimum atomic E-state index is -1.04. The van der Waals surface area contributed by atoms with Gasteiger partial charge in [-0.05, 0) is 65.0 Å². The lowest BCUT2D eigenvalue weighted by Gasteiger charge is -2.34. The largest absolute Gasteiger partial charge is 0.507 e. The zero-order valence-corrected chi connectivity index (χ0v) is 22.4. The molecule has 0 saturated carbocycles. The van der Waals surface area contributed by atoms with E-state index in [0.29, 0.717) is 29.8 Å². The van der Waals surface area contributed by atoms with E-state index in [-0.39, 0.29) is 18.2 Å². The van der Waals surface area contributed by atoms with Crippen LogP contribution in [0.5, 0.6) is 5.75 Å². The Morgan fingerprint density at radius 2 is 1.88 bits per heavy atom. The van der Waals surface area contributed by atoms with Crippen LogP contribution in [0.1, 0.15) is 71.0 Å². The van der Waals surface area contributed by atoms with Gasteiger partial charge in [-0.2, -0.15) is 11.8 Å². The van der Waals surface area contributed by atoms with E-state index in [1.54, 1.807) is 64.6 Å². The van der Waals surface area contributed by atoms with Gasteiger partial charge in [-0.15, -0.1) is 0 Å². The van der Waals surface area contributed by atoms with E-state index in [4.69, 9.17) is 4.74 Å². The van der Waals surface area contributed by atoms with E-state index >= 15 is 0 Å². The number of phenols is 1. The van der Waals surface area contributed by atoms with Crippen molar-refractivity contribution in [2.45, 2.75) is 78.5 Å². The molecule has 0 radical (unpaired) electrons. The Balaban J connectivity index is 3.35. The Morgan fingerprint density at radius 1 is 1.21 bits per heavy atom. The van der Waals surface area contributed by atoms with E-state index < -0.39 is 29.7 Å². The second-order valence-electron chi connectivity index (χ2n) is 9.16. The van der Waals surface area contributed by atoms with Gasteiger partial charge < -0.3 is 25.4 Å². The number of phenolic OH excluding ortho intramolecular Hbond substituents is 1. The number of carbonyl (C=O) groups excluding carboxylic acids is 3. The maximum absolute atomic E-state index is 13.7. The number of ether oxygens (including phenoxy) is 1. The standard InChI is InChI=1S/C25H41N3O5S/c1-8-10-15-26-22(30)20(18-13-11-12-17(3)21(18)29)28(9-2)23(31)19(14-16-34-7)27-24(32)33-25(4,5)6/h11-13,19-20,29H,8-10,14-16H2,1-7H3,(H,26,30)(H,27,32). The van der Waals surface area contributed by atoms with Gasteiger partial charge in [0.2, 0.25) is 11.8 Å². The number of amides is 3. The maximum Gasteiger partial charge on any atom is 0.408 e. The number of aromatic hydroxyl groups is 1. The predicted octanol–water partition coefficient (Wildman–Crippen LogP) is 4.15. The van der Waals surface area contributed by atoms with Crippen LogP contribution in [-0.4, -0.2) is 64.7 Å². The van der Waals surface area contributed by atoms with Gasteiger partial charge in [-0.25, -0.2) is 4.79 Å². The van der Waals surface area contributed by atoms with Crippen molar-refractivity contribution in [1.82, 2.24) is 15.5 Å².